The fourth-order valence-electron chi connectivity index (χ4n) is 2.13. The van der Waals surface area contributed by atoms with Gasteiger partial charge in [0.15, 0.2) is 4.34 Å². The van der Waals surface area contributed by atoms with Crippen LogP contribution in [0.1, 0.15) is 20.8 Å². The maximum atomic E-state index is 11.9. The molecule has 0 aliphatic rings. The predicted molar refractivity (Wildman–Crippen MR) is 93.9 cm³/mol. The van der Waals surface area contributed by atoms with E-state index in [0.717, 1.165) is 16.6 Å². The molecule has 1 heterocycles. The average Bonchev–Trinajstić information content (AvgIpc) is 3.01. The lowest BCUT2D eigenvalue weighted by Crippen LogP contribution is -2.30. The third kappa shape index (κ3) is 4.71. The largest absolute Gasteiger partial charge is 0.369 e. The van der Waals surface area contributed by atoms with E-state index in [9.17, 15) is 4.79 Å². The van der Waals surface area contributed by atoms with Crippen LogP contribution in [-0.4, -0.2) is 34.4 Å². The van der Waals surface area contributed by atoms with Crippen LogP contribution >= 0.6 is 23.1 Å². The fraction of sp³-hybridized carbons (Fsp3) is 0.400. The molecule has 2 rings (SSSR count). The minimum absolute atomic E-state index is 0.0378. The summed E-state index contributed by atoms with van der Waals surface area (Å²) in [6.45, 7) is 7.44. The van der Waals surface area contributed by atoms with Gasteiger partial charge in [0, 0.05) is 24.0 Å². The highest BCUT2D eigenvalue weighted by atomic mass is 32.2. The van der Waals surface area contributed by atoms with E-state index in [2.05, 4.69) is 41.2 Å². The molecule has 7 heteroatoms. The normalized spacial score (nSPS) is 10.7. The molecule has 1 N–H and O–H groups in total. The summed E-state index contributed by atoms with van der Waals surface area (Å²) in [5, 5.41) is 10.5. The van der Waals surface area contributed by atoms with Crippen LogP contribution in [0.25, 0.3) is 0 Å². The first-order valence-corrected chi connectivity index (χ1v) is 9.02. The molecule has 0 bridgehead atoms. The second kappa shape index (κ2) is 8.14. The summed E-state index contributed by atoms with van der Waals surface area (Å²) < 4.78 is 0.806. The van der Waals surface area contributed by atoms with E-state index in [4.69, 9.17) is 0 Å². The molecule has 22 heavy (non-hydrogen) atoms. The van der Waals surface area contributed by atoms with Gasteiger partial charge < -0.3 is 10.2 Å². The van der Waals surface area contributed by atoms with Gasteiger partial charge in [-0.25, -0.2) is 0 Å². The maximum absolute atomic E-state index is 11.9. The molecule has 0 aliphatic heterocycles. The smallest absolute Gasteiger partial charge is 0.234 e. The van der Waals surface area contributed by atoms with Crippen molar-refractivity contribution >= 4 is 40.4 Å². The van der Waals surface area contributed by atoms with Gasteiger partial charge in [0.05, 0.1) is 5.75 Å². The summed E-state index contributed by atoms with van der Waals surface area (Å²) >= 11 is 2.83. The van der Waals surface area contributed by atoms with Gasteiger partial charge in [0.1, 0.15) is 5.51 Å². The molecule has 0 unspecified atom stereocenters. The van der Waals surface area contributed by atoms with Gasteiger partial charge in [-0.15, -0.1) is 10.2 Å². The number of carbonyl (C=O) groups is 1. The Morgan fingerprint density at radius 3 is 2.64 bits per heavy atom. The van der Waals surface area contributed by atoms with Crippen molar-refractivity contribution in [1.29, 1.82) is 0 Å². The molecule has 1 aromatic carbocycles. The van der Waals surface area contributed by atoms with E-state index < -0.39 is 0 Å². The zero-order chi connectivity index (χ0) is 15.9. The Morgan fingerprint density at radius 1 is 1.36 bits per heavy atom. The number of anilines is 2. The van der Waals surface area contributed by atoms with Gasteiger partial charge in [0.25, 0.3) is 0 Å². The third-order valence-electron chi connectivity index (χ3n) is 3.11. The number of hydrogen-bond acceptors (Lipinski definition) is 6. The topological polar surface area (TPSA) is 58.1 Å². The Kier molecular flexibility index (Phi) is 6.21. The van der Waals surface area contributed by atoms with Crippen LogP contribution in [0.2, 0.25) is 0 Å². The number of nitrogens with zero attached hydrogens (tertiary/aromatic N) is 3. The molecule has 0 spiro atoms. The van der Waals surface area contributed by atoms with Crippen LogP contribution < -0.4 is 10.2 Å². The number of aromatic nitrogens is 2. The van der Waals surface area contributed by atoms with E-state index in [1.165, 1.54) is 28.8 Å². The van der Waals surface area contributed by atoms with E-state index >= 15 is 0 Å². The molecule has 2 aromatic rings. The molecular weight excluding hydrogens is 316 g/mol. The molecule has 0 saturated heterocycles. The average molecular weight is 336 g/mol. The van der Waals surface area contributed by atoms with Gasteiger partial charge in [-0.05, 0) is 45.0 Å². The monoisotopic (exact) mass is 336 g/mol. The first-order valence-electron chi connectivity index (χ1n) is 7.15. The Hall–Kier alpha value is -1.60. The van der Waals surface area contributed by atoms with Crippen molar-refractivity contribution in [2.24, 2.45) is 0 Å². The standard InChI is InChI=1S/C15H20N4OS2/c1-4-19(11(2)3)13-7-5-12(6-8-13)17-14(20)9-21-15-18-16-10-22-15/h5-8,10-11H,4,9H2,1-3H3,(H,17,20). The van der Waals surface area contributed by atoms with Crippen molar-refractivity contribution in [3.8, 4) is 0 Å². The number of benzene rings is 1. The lowest BCUT2D eigenvalue weighted by atomic mass is 10.2. The van der Waals surface area contributed by atoms with Gasteiger partial charge in [-0.1, -0.05) is 23.1 Å². The summed E-state index contributed by atoms with van der Waals surface area (Å²) in [5.41, 5.74) is 3.64. The molecular formula is C15H20N4OS2. The molecule has 1 aromatic heterocycles. The SMILES string of the molecule is CCN(c1ccc(NC(=O)CSc2nncs2)cc1)C(C)C. The minimum atomic E-state index is -0.0378. The first-order chi connectivity index (χ1) is 10.6. The van der Waals surface area contributed by atoms with Crippen LogP contribution in [0.5, 0.6) is 0 Å². The van der Waals surface area contributed by atoms with Crippen molar-refractivity contribution in [2.45, 2.75) is 31.2 Å². The Bertz CT molecular complexity index is 584. The lowest BCUT2D eigenvalue weighted by molar-refractivity contribution is -0.113. The Labute approximate surface area is 139 Å². The number of hydrogen-bond donors (Lipinski definition) is 1. The van der Waals surface area contributed by atoms with Crippen molar-refractivity contribution in [3.05, 3.63) is 29.8 Å². The highest BCUT2D eigenvalue weighted by Crippen LogP contribution is 2.21. The molecule has 0 saturated carbocycles. The molecule has 118 valence electrons. The van der Waals surface area contributed by atoms with Crippen molar-refractivity contribution in [3.63, 3.8) is 0 Å². The third-order valence-corrected chi connectivity index (χ3v) is 4.97. The fourth-order valence-corrected chi connectivity index (χ4v) is 3.42. The predicted octanol–water partition coefficient (Wildman–Crippen LogP) is 3.50. The Balaban J connectivity index is 1.89. The second-order valence-corrected chi connectivity index (χ2v) is 7.02. The highest BCUT2D eigenvalue weighted by molar-refractivity contribution is 8.01. The number of rotatable bonds is 7. The summed E-state index contributed by atoms with van der Waals surface area (Å²) in [6.07, 6.45) is 0. The van der Waals surface area contributed by atoms with Crippen molar-refractivity contribution < 1.29 is 4.79 Å². The summed E-state index contributed by atoms with van der Waals surface area (Å²) in [5.74, 6) is 0.300. The molecule has 5 nitrogen and oxygen atoms in total. The first kappa shape index (κ1) is 16.8. The van der Waals surface area contributed by atoms with Gasteiger partial charge in [-0.2, -0.15) is 0 Å². The molecule has 0 atom stereocenters. The number of thioether (sulfide) groups is 1. The molecule has 1 amide bonds. The summed E-state index contributed by atoms with van der Waals surface area (Å²) in [4.78, 5) is 14.2. The molecule has 0 aliphatic carbocycles. The van der Waals surface area contributed by atoms with Crippen molar-refractivity contribution in [1.82, 2.24) is 10.2 Å². The highest BCUT2D eigenvalue weighted by Gasteiger charge is 2.09. The molecule has 0 radical (unpaired) electrons. The maximum Gasteiger partial charge on any atom is 0.234 e. The van der Waals surface area contributed by atoms with Crippen LogP contribution in [0.4, 0.5) is 11.4 Å². The van der Waals surface area contributed by atoms with Gasteiger partial charge in [0.2, 0.25) is 5.91 Å². The zero-order valence-corrected chi connectivity index (χ0v) is 14.6. The minimum Gasteiger partial charge on any atom is -0.369 e. The van der Waals surface area contributed by atoms with E-state index in [1.54, 1.807) is 5.51 Å². The molecule has 0 fully saturated rings. The van der Waals surface area contributed by atoms with Gasteiger partial charge in [-0.3, -0.25) is 4.79 Å². The van der Waals surface area contributed by atoms with Crippen LogP contribution in [-0.2, 0) is 4.79 Å². The quantitative estimate of drug-likeness (QED) is 0.784. The zero-order valence-electron chi connectivity index (χ0n) is 12.9. The number of nitrogens with one attached hydrogen (secondary N) is 1. The lowest BCUT2D eigenvalue weighted by Gasteiger charge is -2.27. The van der Waals surface area contributed by atoms with E-state index in [-0.39, 0.29) is 5.91 Å². The van der Waals surface area contributed by atoms with Crippen LogP contribution in [0, 0.1) is 0 Å². The van der Waals surface area contributed by atoms with Crippen LogP contribution in [0.3, 0.4) is 0 Å². The van der Waals surface area contributed by atoms with E-state index in [0.29, 0.717) is 11.8 Å². The second-order valence-electron chi connectivity index (χ2n) is 4.97. The van der Waals surface area contributed by atoms with E-state index in [1.807, 2.05) is 24.3 Å². The summed E-state index contributed by atoms with van der Waals surface area (Å²) in [6, 6.07) is 8.41. The Morgan fingerprint density at radius 2 is 2.09 bits per heavy atom. The van der Waals surface area contributed by atoms with Crippen molar-refractivity contribution in [2.75, 3.05) is 22.5 Å². The summed E-state index contributed by atoms with van der Waals surface area (Å²) in [7, 11) is 0. The number of amides is 1. The number of carbonyl (C=O) groups excluding carboxylic acids is 1. The van der Waals surface area contributed by atoms with Crippen LogP contribution in [0.15, 0.2) is 34.1 Å². The van der Waals surface area contributed by atoms with Gasteiger partial charge >= 0.3 is 0 Å².